The van der Waals surface area contributed by atoms with E-state index in [4.69, 9.17) is 4.99 Å². The lowest BCUT2D eigenvalue weighted by Gasteiger charge is -2.16. The highest BCUT2D eigenvalue weighted by Gasteiger charge is 2.39. The number of amidine groups is 1. The number of carbonyl (C=O) groups excluding carboxylic acids is 2. The van der Waals surface area contributed by atoms with E-state index in [0.29, 0.717) is 11.1 Å². The number of para-hydroxylation sites is 1. The molecule has 3 aromatic rings. The fourth-order valence-corrected chi connectivity index (χ4v) is 4.66. The summed E-state index contributed by atoms with van der Waals surface area (Å²) in [6, 6.07) is 19.3. The number of carbonyl (C=O) groups is 2. The van der Waals surface area contributed by atoms with E-state index in [-0.39, 0.29) is 24.6 Å². The number of pyridine rings is 1. The third-order valence-corrected chi connectivity index (χ3v) is 6.54. The molecule has 8 heteroatoms. The van der Waals surface area contributed by atoms with Crippen LogP contribution < -0.4 is 5.32 Å². The maximum Gasteiger partial charge on any atom is 0.243 e. The lowest BCUT2D eigenvalue weighted by atomic mass is 10.0. The SMILES string of the molecule is CC(C)c1ccc(N=C2SC(CC(=O)Nc3ccccc3F)C(=O)N2Cc2ccccn2)cc1. The maximum atomic E-state index is 13.9. The molecule has 2 aromatic carbocycles. The van der Waals surface area contributed by atoms with E-state index in [1.165, 1.54) is 29.5 Å². The second-order valence-electron chi connectivity index (χ2n) is 8.22. The predicted octanol–water partition coefficient (Wildman–Crippen LogP) is 5.50. The third kappa shape index (κ3) is 5.69. The van der Waals surface area contributed by atoms with E-state index in [9.17, 15) is 14.0 Å². The summed E-state index contributed by atoms with van der Waals surface area (Å²) in [6.45, 7) is 4.50. The summed E-state index contributed by atoms with van der Waals surface area (Å²) in [7, 11) is 0. The first-order valence-electron chi connectivity index (χ1n) is 11.0. The molecule has 1 aliphatic rings. The number of aromatic nitrogens is 1. The van der Waals surface area contributed by atoms with Crippen LogP contribution in [0.15, 0.2) is 77.9 Å². The fraction of sp³-hybridized carbons (Fsp3) is 0.231. The molecule has 1 aromatic heterocycles. The van der Waals surface area contributed by atoms with Gasteiger partial charge in [-0.15, -0.1) is 0 Å². The smallest absolute Gasteiger partial charge is 0.243 e. The maximum absolute atomic E-state index is 13.9. The largest absolute Gasteiger partial charge is 0.324 e. The number of hydrogen-bond acceptors (Lipinski definition) is 5. The highest BCUT2D eigenvalue weighted by molar-refractivity contribution is 8.15. The van der Waals surface area contributed by atoms with Gasteiger partial charge in [0.2, 0.25) is 11.8 Å². The van der Waals surface area contributed by atoms with Gasteiger partial charge in [0.15, 0.2) is 5.17 Å². The van der Waals surface area contributed by atoms with Crippen molar-refractivity contribution in [3.8, 4) is 0 Å². The van der Waals surface area contributed by atoms with Gasteiger partial charge in [-0.3, -0.25) is 19.5 Å². The van der Waals surface area contributed by atoms with Gasteiger partial charge < -0.3 is 5.32 Å². The summed E-state index contributed by atoms with van der Waals surface area (Å²) in [5.41, 5.74) is 2.73. The summed E-state index contributed by atoms with van der Waals surface area (Å²) in [5, 5.41) is 2.40. The topological polar surface area (TPSA) is 74.7 Å². The molecule has 174 valence electrons. The molecule has 0 bridgehead atoms. The molecule has 0 spiro atoms. The Morgan fingerprint density at radius 3 is 2.53 bits per heavy atom. The Bertz CT molecular complexity index is 1200. The zero-order chi connectivity index (χ0) is 24.1. The van der Waals surface area contributed by atoms with Crippen LogP contribution in [0.5, 0.6) is 0 Å². The Labute approximate surface area is 202 Å². The van der Waals surface area contributed by atoms with Gasteiger partial charge in [0.05, 0.1) is 23.6 Å². The molecule has 6 nitrogen and oxygen atoms in total. The number of benzene rings is 2. The minimum atomic E-state index is -0.663. The van der Waals surface area contributed by atoms with Crippen molar-refractivity contribution in [1.29, 1.82) is 0 Å². The van der Waals surface area contributed by atoms with Crippen molar-refractivity contribution < 1.29 is 14.0 Å². The van der Waals surface area contributed by atoms with Gasteiger partial charge in [-0.25, -0.2) is 9.38 Å². The molecule has 1 N–H and O–H groups in total. The number of nitrogens with one attached hydrogen (secondary N) is 1. The Kier molecular flexibility index (Phi) is 7.37. The van der Waals surface area contributed by atoms with Crippen LogP contribution in [0.4, 0.5) is 15.8 Å². The Morgan fingerprint density at radius 2 is 1.85 bits per heavy atom. The average molecular weight is 477 g/mol. The van der Waals surface area contributed by atoms with Gasteiger partial charge in [-0.1, -0.05) is 55.9 Å². The first kappa shape index (κ1) is 23.6. The molecule has 1 saturated heterocycles. The number of anilines is 1. The van der Waals surface area contributed by atoms with Gasteiger partial charge in [0, 0.05) is 12.6 Å². The fourth-order valence-electron chi connectivity index (χ4n) is 3.50. The van der Waals surface area contributed by atoms with E-state index in [1.807, 2.05) is 42.5 Å². The summed E-state index contributed by atoms with van der Waals surface area (Å²) in [6.07, 6.45) is 1.58. The first-order chi connectivity index (χ1) is 16.4. The summed E-state index contributed by atoms with van der Waals surface area (Å²) in [5.74, 6) is -0.777. The van der Waals surface area contributed by atoms with Gasteiger partial charge >= 0.3 is 0 Å². The lowest BCUT2D eigenvalue weighted by Crippen LogP contribution is -2.33. The first-order valence-corrected chi connectivity index (χ1v) is 11.9. The van der Waals surface area contributed by atoms with Crippen LogP contribution in [-0.4, -0.2) is 32.1 Å². The number of hydrogen-bond donors (Lipinski definition) is 1. The molecule has 1 atom stereocenters. The quantitative estimate of drug-likeness (QED) is 0.488. The number of thioether (sulfide) groups is 1. The normalized spacial score (nSPS) is 16.9. The minimum Gasteiger partial charge on any atom is -0.324 e. The van der Waals surface area contributed by atoms with Gasteiger partial charge in [0.1, 0.15) is 11.1 Å². The van der Waals surface area contributed by atoms with Crippen molar-refractivity contribution >= 4 is 40.1 Å². The second-order valence-corrected chi connectivity index (χ2v) is 9.39. The van der Waals surface area contributed by atoms with E-state index >= 15 is 0 Å². The highest BCUT2D eigenvalue weighted by Crippen LogP contribution is 2.33. The van der Waals surface area contributed by atoms with E-state index < -0.39 is 17.0 Å². The molecule has 2 amide bonds. The molecular formula is C26H25FN4O2S. The van der Waals surface area contributed by atoms with Crippen LogP contribution in [0.25, 0.3) is 0 Å². The lowest BCUT2D eigenvalue weighted by molar-refractivity contribution is -0.128. The summed E-state index contributed by atoms with van der Waals surface area (Å²) >= 11 is 1.24. The molecule has 1 fully saturated rings. The van der Waals surface area contributed by atoms with Crippen molar-refractivity contribution in [1.82, 2.24) is 9.88 Å². The summed E-state index contributed by atoms with van der Waals surface area (Å²) in [4.78, 5) is 36.4. The molecule has 34 heavy (non-hydrogen) atoms. The summed E-state index contributed by atoms with van der Waals surface area (Å²) < 4.78 is 13.9. The van der Waals surface area contributed by atoms with Crippen LogP contribution in [-0.2, 0) is 16.1 Å². The number of nitrogens with zero attached hydrogens (tertiary/aromatic N) is 3. The zero-order valence-electron chi connectivity index (χ0n) is 18.9. The molecule has 1 aliphatic heterocycles. The monoisotopic (exact) mass is 476 g/mol. The van der Waals surface area contributed by atoms with E-state index in [1.54, 1.807) is 23.2 Å². The molecule has 0 aliphatic carbocycles. The van der Waals surface area contributed by atoms with Crippen LogP contribution in [0.3, 0.4) is 0 Å². The molecular weight excluding hydrogens is 451 g/mol. The Hall–Kier alpha value is -3.52. The third-order valence-electron chi connectivity index (χ3n) is 5.37. The Morgan fingerprint density at radius 1 is 1.12 bits per heavy atom. The molecule has 2 heterocycles. The van der Waals surface area contributed by atoms with E-state index in [0.717, 1.165) is 11.4 Å². The number of rotatable bonds is 7. The van der Waals surface area contributed by atoms with Crippen LogP contribution >= 0.6 is 11.8 Å². The van der Waals surface area contributed by atoms with Crippen molar-refractivity contribution in [2.24, 2.45) is 4.99 Å². The minimum absolute atomic E-state index is 0.0902. The highest BCUT2D eigenvalue weighted by atomic mass is 32.2. The van der Waals surface area contributed by atoms with Gasteiger partial charge in [-0.05, 0) is 47.9 Å². The van der Waals surface area contributed by atoms with Crippen LogP contribution in [0, 0.1) is 5.82 Å². The van der Waals surface area contributed by atoms with Crippen LogP contribution in [0.2, 0.25) is 0 Å². The van der Waals surface area contributed by atoms with Gasteiger partial charge in [-0.2, -0.15) is 0 Å². The van der Waals surface area contributed by atoms with Crippen molar-refractivity contribution in [2.45, 2.75) is 38.0 Å². The average Bonchev–Trinajstić information content (AvgIpc) is 3.10. The number of halogens is 1. The molecule has 1 unspecified atom stereocenters. The molecule has 0 saturated carbocycles. The standard InChI is InChI=1S/C26H25FN4O2S/c1-17(2)18-10-12-19(13-11-18)29-26-31(16-20-7-5-6-14-28-20)25(33)23(34-26)15-24(32)30-22-9-4-3-8-21(22)27/h3-14,17,23H,15-16H2,1-2H3,(H,30,32). The zero-order valence-corrected chi connectivity index (χ0v) is 19.8. The van der Waals surface area contributed by atoms with Gasteiger partial charge in [0.25, 0.3) is 0 Å². The molecule has 0 radical (unpaired) electrons. The molecule has 4 rings (SSSR count). The second kappa shape index (κ2) is 10.6. The van der Waals surface area contributed by atoms with Crippen molar-refractivity contribution in [3.63, 3.8) is 0 Å². The Balaban J connectivity index is 1.55. The van der Waals surface area contributed by atoms with E-state index in [2.05, 4.69) is 24.1 Å². The van der Waals surface area contributed by atoms with Crippen LogP contribution in [0.1, 0.15) is 37.4 Å². The number of aliphatic imine (C=N–C) groups is 1. The van der Waals surface area contributed by atoms with Crippen molar-refractivity contribution in [2.75, 3.05) is 5.32 Å². The number of amides is 2. The predicted molar refractivity (Wildman–Crippen MR) is 133 cm³/mol. The van der Waals surface area contributed by atoms with Crippen molar-refractivity contribution in [3.05, 3.63) is 90.0 Å².